The fourth-order valence-electron chi connectivity index (χ4n) is 3.27. The van der Waals surface area contributed by atoms with Crippen molar-refractivity contribution in [3.8, 4) is 5.82 Å². The highest BCUT2D eigenvalue weighted by atomic mass is 16.2. The second-order valence-electron chi connectivity index (χ2n) is 6.66. The van der Waals surface area contributed by atoms with Gasteiger partial charge in [0.1, 0.15) is 11.6 Å². The van der Waals surface area contributed by atoms with Crippen LogP contribution in [0.5, 0.6) is 0 Å². The lowest BCUT2D eigenvalue weighted by Gasteiger charge is -2.27. The van der Waals surface area contributed by atoms with Gasteiger partial charge in [0, 0.05) is 31.2 Å². The lowest BCUT2D eigenvalue weighted by molar-refractivity contribution is 0.227. The number of carbonyl (C=O) groups excluding carboxylic acids is 1. The summed E-state index contributed by atoms with van der Waals surface area (Å²) in [6, 6.07) is 4.12. The molecule has 0 saturated heterocycles. The van der Waals surface area contributed by atoms with Gasteiger partial charge in [-0.25, -0.2) is 14.8 Å². The summed E-state index contributed by atoms with van der Waals surface area (Å²) < 4.78 is 1.92. The van der Waals surface area contributed by atoms with Gasteiger partial charge in [-0.15, -0.1) is 0 Å². The smallest absolute Gasteiger partial charge is 0.315 e. The predicted octanol–water partition coefficient (Wildman–Crippen LogP) is 2.95. The second kappa shape index (κ2) is 7.47. The molecule has 24 heavy (non-hydrogen) atoms. The van der Waals surface area contributed by atoms with Crippen molar-refractivity contribution in [1.29, 1.82) is 0 Å². The van der Waals surface area contributed by atoms with Crippen LogP contribution in [0.2, 0.25) is 0 Å². The first kappa shape index (κ1) is 16.5. The van der Waals surface area contributed by atoms with Crippen LogP contribution in [-0.4, -0.2) is 26.6 Å². The molecule has 2 N–H and O–H groups in total. The molecule has 0 aromatic carbocycles. The Labute approximate surface area is 142 Å². The van der Waals surface area contributed by atoms with Crippen LogP contribution in [0.1, 0.15) is 44.0 Å². The van der Waals surface area contributed by atoms with Gasteiger partial charge in [0.2, 0.25) is 0 Å². The average Bonchev–Trinajstić information content (AvgIpc) is 2.99. The van der Waals surface area contributed by atoms with Crippen LogP contribution in [-0.2, 0) is 6.54 Å². The molecule has 2 atom stereocenters. The van der Waals surface area contributed by atoms with Crippen molar-refractivity contribution in [2.75, 3.05) is 0 Å². The Hall–Kier alpha value is -2.37. The first-order chi connectivity index (χ1) is 11.6. The molecule has 0 radical (unpaired) electrons. The molecule has 1 aliphatic carbocycles. The fourth-order valence-corrected chi connectivity index (χ4v) is 3.27. The van der Waals surface area contributed by atoms with E-state index in [0.717, 1.165) is 30.0 Å². The average molecular weight is 327 g/mol. The van der Waals surface area contributed by atoms with Crippen LogP contribution >= 0.6 is 0 Å². The van der Waals surface area contributed by atoms with Gasteiger partial charge in [0.05, 0.1) is 0 Å². The van der Waals surface area contributed by atoms with Crippen molar-refractivity contribution in [3.63, 3.8) is 0 Å². The summed E-state index contributed by atoms with van der Waals surface area (Å²) in [5.41, 5.74) is 0.976. The lowest BCUT2D eigenvalue weighted by atomic mass is 9.87. The van der Waals surface area contributed by atoms with Gasteiger partial charge >= 0.3 is 6.03 Å². The van der Waals surface area contributed by atoms with E-state index in [1.165, 1.54) is 12.8 Å². The first-order valence-electron chi connectivity index (χ1n) is 8.61. The number of urea groups is 1. The predicted molar refractivity (Wildman–Crippen MR) is 92.9 cm³/mol. The Balaban J connectivity index is 1.49. The standard InChI is InChI=1S/C18H25N5O/c1-13-4-3-5-16(10-13)22-18(24)21-12-15-6-7-17(20-11-15)23-9-8-19-14(23)2/h6-9,11,13,16H,3-5,10,12H2,1-2H3,(H2,21,22,24)/t13-,16+/m1/s1. The Bertz CT molecular complexity index is 679. The number of amides is 2. The van der Waals surface area contributed by atoms with Crippen LogP contribution in [0, 0.1) is 12.8 Å². The molecule has 0 bridgehead atoms. The third-order valence-corrected chi connectivity index (χ3v) is 4.61. The maximum atomic E-state index is 12.0. The van der Waals surface area contributed by atoms with Gasteiger partial charge in [0.25, 0.3) is 0 Å². The number of imidazole rings is 1. The number of nitrogens with zero attached hydrogens (tertiary/aromatic N) is 3. The zero-order chi connectivity index (χ0) is 16.9. The Morgan fingerprint density at radius 2 is 2.21 bits per heavy atom. The molecule has 6 nitrogen and oxygen atoms in total. The summed E-state index contributed by atoms with van der Waals surface area (Å²) in [7, 11) is 0. The van der Waals surface area contributed by atoms with Gasteiger partial charge in [0.15, 0.2) is 0 Å². The monoisotopic (exact) mass is 327 g/mol. The minimum atomic E-state index is -0.0939. The van der Waals surface area contributed by atoms with E-state index < -0.39 is 0 Å². The van der Waals surface area contributed by atoms with Crippen molar-refractivity contribution in [3.05, 3.63) is 42.1 Å². The van der Waals surface area contributed by atoms with Crippen LogP contribution in [0.15, 0.2) is 30.7 Å². The van der Waals surface area contributed by atoms with Crippen molar-refractivity contribution in [2.45, 2.75) is 52.1 Å². The maximum Gasteiger partial charge on any atom is 0.315 e. The zero-order valence-electron chi connectivity index (χ0n) is 14.3. The number of carbonyl (C=O) groups is 1. The lowest BCUT2D eigenvalue weighted by Crippen LogP contribution is -2.43. The fraction of sp³-hybridized carbons (Fsp3) is 0.500. The summed E-state index contributed by atoms with van der Waals surface area (Å²) in [4.78, 5) is 20.7. The molecule has 0 unspecified atom stereocenters. The molecule has 1 fully saturated rings. The second-order valence-corrected chi connectivity index (χ2v) is 6.66. The van der Waals surface area contributed by atoms with E-state index in [1.54, 1.807) is 12.4 Å². The number of aryl methyl sites for hydroxylation is 1. The largest absolute Gasteiger partial charge is 0.335 e. The number of pyridine rings is 1. The van der Waals surface area contributed by atoms with Crippen LogP contribution in [0.3, 0.4) is 0 Å². The number of hydrogen-bond acceptors (Lipinski definition) is 3. The third-order valence-electron chi connectivity index (χ3n) is 4.61. The maximum absolute atomic E-state index is 12.0. The van der Waals surface area contributed by atoms with Crippen LogP contribution in [0.25, 0.3) is 5.82 Å². The van der Waals surface area contributed by atoms with Gasteiger partial charge in [-0.05, 0) is 37.3 Å². The Morgan fingerprint density at radius 3 is 2.88 bits per heavy atom. The highest BCUT2D eigenvalue weighted by Gasteiger charge is 2.20. The number of rotatable bonds is 4. The quantitative estimate of drug-likeness (QED) is 0.907. The highest BCUT2D eigenvalue weighted by Crippen LogP contribution is 2.23. The minimum absolute atomic E-state index is 0.0939. The summed E-state index contributed by atoms with van der Waals surface area (Å²) in [5.74, 6) is 2.43. The molecule has 2 heterocycles. The summed E-state index contributed by atoms with van der Waals surface area (Å²) >= 11 is 0. The van der Waals surface area contributed by atoms with Crippen LogP contribution < -0.4 is 10.6 Å². The Morgan fingerprint density at radius 1 is 1.33 bits per heavy atom. The first-order valence-corrected chi connectivity index (χ1v) is 8.61. The molecule has 6 heteroatoms. The summed E-state index contributed by atoms with van der Waals surface area (Å²) in [6.45, 7) is 4.67. The minimum Gasteiger partial charge on any atom is -0.335 e. The molecule has 3 rings (SSSR count). The molecule has 2 amide bonds. The molecule has 2 aromatic heterocycles. The Kier molecular flexibility index (Phi) is 5.13. The van der Waals surface area contributed by atoms with E-state index in [1.807, 2.05) is 29.8 Å². The van der Waals surface area contributed by atoms with Gasteiger partial charge < -0.3 is 10.6 Å². The highest BCUT2D eigenvalue weighted by molar-refractivity contribution is 5.74. The number of nitrogens with one attached hydrogen (secondary N) is 2. The van der Waals surface area contributed by atoms with Gasteiger partial charge in [-0.3, -0.25) is 4.57 Å². The normalized spacial score (nSPS) is 20.6. The SMILES string of the molecule is Cc1nccn1-c1ccc(CNC(=O)N[C@H]2CCC[C@@H](C)C2)cn1. The molecule has 1 aliphatic rings. The van der Waals surface area contributed by atoms with E-state index in [9.17, 15) is 4.79 Å². The van der Waals surface area contributed by atoms with Gasteiger partial charge in [-0.2, -0.15) is 0 Å². The van der Waals surface area contributed by atoms with Crippen LogP contribution in [0.4, 0.5) is 4.79 Å². The molecule has 0 aliphatic heterocycles. The molecule has 0 spiro atoms. The van der Waals surface area contributed by atoms with Gasteiger partial charge in [-0.1, -0.05) is 25.8 Å². The summed E-state index contributed by atoms with van der Waals surface area (Å²) in [5, 5.41) is 6.00. The third kappa shape index (κ3) is 4.13. The summed E-state index contributed by atoms with van der Waals surface area (Å²) in [6.07, 6.45) is 10.1. The van der Waals surface area contributed by atoms with E-state index in [2.05, 4.69) is 27.5 Å². The molecule has 128 valence electrons. The number of hydrogen-bond donors (Lipinski definition) is 2. The molecule has 2 aromatic rings. The van der Waals surface area contributed by atoms with Crippen molar-refractivity contribution < 1.29 is 4.79 Å². The van der Waals surface area contributed by atoms with Crippen molar-refractivity contribution in [2.24, 2.45) is 5.92 Å². The van der Waals surface area contributed by atoms with E-state index in [0.29, 0.717) is 18.5 Å². The van der Waals surface area contributed by atoms with E-state index in [-0.39, 0.29) is 6.03 Å². The molecular weight excluding hydrogens is 302 g/mol. The zero-order valence-corrected chi connectivity index (χ0v) is 14.3. The van der Waals surface area contributed by atoms with E-state index in [4.69, 9.17) is 0 Å². The van der Waals surface area contributed by atoms with Crippen molar-refractivity contribution in [1.82, 2.24) is 25.2 Å². The van der Waals surface area contributed by atoms with E-state index >= 15 is 0 Å². The topological polar surface area (TPSA) is 71.8 Å². The molecule has 1 saturated carbocycles. The number of aromatic nitrogens is 3. The molecular formula is C18H25N5O. The van der Waals surface area contributed by atoms with Crippen molar-refractivity contribution >= 4 is 6.03 Å².